The molecule has 15 heavy (non-hydrogen) atoms. The smallest absolute Gasteiger partial charge is 0.0619 e. The van der Waals surface area contributed by atoms with Gasteiger partial charge in [-0.2, -0.15) is 0 Å². The highest BCUT2D eigenvalue weighted by Crippen LogP contribution is 2.11. The van der Waals surface area contributed by atoms with Gasteiger partial charge in [-0.25, -0.2) is 0 Å². The molecule has 82 valence electrons. The minimum Gasteiger partial charge on any atom is -0.379 e. The number of hydrogen-bond donors (Lipinski definition) is 0. The van der Waals surface area contributed by atoms with Crippen molar-refractivity contribution in [1.82, 2.24) is 9.88 Å². The number of rotatable bonds is 2. The fraction of sp³-hybridized carbons (Fsp3) is 0.583. The van der Waals surface area contributed by atoms with Crippen molar-refractivity contribution in [2.75, 3.05) is 19.8 Å². The van der Waals surface area contributed by atoms with Crippen LogP contribution in [0.15, 0.2) is 18.5 Å². The first-order valence-electron chi connectivity index (χ1n) is 5.48. The lowest BCUT2D eigenvalue weighted by atomic mass is 10.2. The lowest BCUT2D eigenvalue weighted by molar-refractivity contribution is -0.00441. The van der Waals surface area contributed by atoms with Gasteiger partial charge in [-0.15, -0.1) is 0 Å². The first-order chi connectivity index (χ1) is 7.25. The van der Waals surface area contributed by atoms with Crippen molar-refractivity contribution >= 4 is 0 Å². The summed E-state index contributed by atoms with van der Waals surface area (Å²) in [6.45, 7) is 8.00. The average Bonchev–Trinajstić information content (AvgIpc) is 2.22. The summed E-state index contributed by atoms with van der Waals surface area (Å²) >= 11 is 0. The molecule has 1 saturated heterocycles. The van der Waals surface area contributed by atoms with E-state index in [-0.39, 0.29) is 0 Å². The number of pyridine rings is 1. The van der Waals surface area contributed by atoms with Crippen molar-refractivity contribution in [3.05, 3.63) is 29.6 Å². The summed E-state index contributed by atoms with van der Waals surface area (Å²) in [6, 6.07) is 2.72. The molecule has 0 saturated carbocycles. The number of ether oxygens (including phenoxy) is 1. The minimum absolute atomic E-state index is 0.513. The summed E-state index contributed by atoms with van der Waals surface area (Å²) in [5.74, 6) is 0. The van der Waals surface area contributed by atoms with Crippen LogP contribution in [0.25, 0.3) is 0 Å². The van der Waals surface area contributed by atoms with Gasteiger partial charge in [-0.1, -0.05) is 6.07 Å². The Balaban J connectivity index is 2.01. The van der Waals surface area contributed by atoms with Gasteiger partial charge < -0.3 is 4.74 Å². The third-order valence-electron chi connectivity index (χ3n) is 2.82. The molecule has 0 aliphatic carbocycles. The van der Waals surface area contributed by atoms with Crippen LogP contribution in [0.3, 0.4) is 0 Å². The highest BCUT2D eigenvalue weighted by atomic mass is 16.5. The van der Waals surface area contributed by atoms with Crippen LogP contribution in [0.5, 0.6) is 0 Å². The van der Waals surface area contributed by atoms with Gasteiger partial charge >= 0.3 is 0 Å². The van der Waals surface area contributed by atoms with Crippen molar-refractivity contribution in [3.8, 4) is 0 Å². The normalized spacial score (nSPS) is 22.9. The van der Waals surface area contributed by atoms with Crippen LogP contribution in [-0.4, -0.2) is 35.7 Å². The van der Waals surface area contributed by atoms with Crippen LogP contribution < -0.4 is 0 Å². The molecule has 0 aromatic carbocycles. The largest absolute Gasteiger partial charge is 0.379 e. The molecule has 1 aromatic rings. The van der Waals surface area contributed by atoms with Gasteiger partial charge in [0.05, 0.1) is 13.2 Å². The molecule has 1 aliphatic heterocycles. The van der Waals surface area contributed by atoms with E-state index in [2.05, 4.69) is 29.8 Å². The van der Waals surface area contributed by atoms with Gasteiger partial charge in [0.25, 0.3) is 0 Å². The number of aryl methyl sites for hydroxylation is 1. The van der Waals surface area contributed by atoms with E-state index in [0.29, 0.717) is 6.04 Å². The van der Waals surface area contributed by atoms with E-state index in [1.54, 1.807) is 0 Å². The maximum Gasteiger partial charge on any atom is 0.0619 e. The van der Waals surface area contributed by atoms with Crippen LogP contribution >= 0.6 is 0 Å². The monoisotopic (exact) mass is 206 g/mol. The van der Waals surface area contributed by atoms with Gasteiger partial charge in [0, 0.05) is 31.5 Å². The Morgan fingerprint density at radius 2 is 2.40 bits per heavy atom. The summed E-state index contributed by atoms with van der Waals surface area (Å²) in [5.41, 5.74) is 2.53. The maximum atomic E-state index is 5.42. The topological polar surface area (TPSA) is 25.4 Å². The molecule has 1 fully saturated rings. The molecule has 1 aromatic heterocycles. The Kier molecular flexibility index (Phi) is 3.34. The van der Waals surface area contributed by atoms with E-state index in [9.17, 15) is 0 Å². The Morgan fingerprint density at radius 3 is 3.13 bits per heavy atom. The van der Waals surface area contributed by atoms with E-state index < -0.39 is 0 Å². The minimum atomic E-state index is 0.513. The zero-order chi connectivity index (χ0) is 10.7. The number of hydrogen-bond acceptors (Lipinski definition) is 3. The molecule has 0 spiro atoms. The lowest BCUT2D eigenvalue weighted by Gasteiger charge is -2.33. The van der Waals surface area contributed by atoms with E-state index in [1.807, 2.05) is 12.4 Å². The second-order valence-electron chi connectivity index (χ2n) is 4.26. The summed E-state index contributed by atoms with van der Waals surface area (Å²) in [4.78, 5) is 6.66. The summed E-state index contributed by atoms with van der Waals surface area (Å²) in [6.07, 6.45) is 3.85. The molecule has 3 heteroatoms. The summed E-state index contributed by atoms with van der Waals surface area (Å²) in [5, 5.41) is 0. The molecule has 1 atom stereocenters. The molecule has 0 radical (unpaired) electrons. The predicted octanol–water partition coefficient (Wildman–Crippen LogP) is 1.61. The van der Waals surface area contributed by atoms with Crippen LogP contribution in [0.4, 0.5) is 0 Å². The van der Waals surface area contributed by atoms with Gasteiger partial charge in [0.1, 0.15) is 0 Å². The molecule has 2 heterocycles. The van der Waals surface area contributed by atoms with E-state index in [0.717, 1.165) is 26.3 Å². The SMILES string of the molecule is Cc1cncc(CN2CCOC[C@@H]2C)c1. The molecule has 3 nitrogen and oxygen atoms in total. The van der Waals surface area contributed by atoms with Gasteiger partial charge in [0.15, 0.2) is 0 Å². The second kappa shape index (κ2) is 4.73. The van der Waals surface area contributed by atoms with Crippen molar-refractivity contribution in [2.45, 2.75) is 26.4 Å². The molecular formula is C12H18N2O. The maximum absolute atomic E-state index is 5.42. The quantitative estimate of drug-likeness (QED) is 0.735. The highest BCUT2D eigenvalue weighted by molar-refractivity contribution is 5.16. The predicted molar refractivity (Wildman–Crippen MR) is 59.7 cm³/mol. The van der Waals surface area contributed by atoms with Crippen LogP contribution in [0.2, 0.25) is 0 Å². The molecule has 0 unspecified atom stereocenters. The van der Waals surface area contributed by atoms with Crippen LogP contribution in [0.1, 0.15) is 18.1 Å². The summed E-state index contributed by atoms with van der Waals surface area (Å²) in [7, 11) is 0. The average molecular weight is 206 g/mol. The van der Waals surface area contributed by atoms with E-state index >= 15 is 0 Å². The third kappa shape index (κ3) is 2.76. The fourth-order valence-corrected chi connectivity index (χ4v) is 1.93. The zero-order valence-electron chi connectivity index (χ0n) is 9.44. The standard InChI is InChI=1S/C12H18N2O/c1-10-5-12(7-13-6-10)8-14-3-4-15-9-11(14)2/h5-7,11H,3-4,8-9H2,1-2H3/t11-/m0/s1. The fourth-order valence-electron chi connectivity index (χ4n) is 1.93. The first-order valence-corrected chi connectivity index (χ1v) is 5.48. The number of morpholine rings is 1. The second-order valence-corrected chi connectivity index (χ2v) is 4.26. The highest BCUT2D eigenvalue weighted by Gasteiger charge is 2.18. The van der Waals surface area contributed by atoms with Gasteiger partial charge in [0.2, 0.25) is 0 Å². The molecule has 0 bridgehead atoms. The van der Waals surface area contributed by atoms with Crippen molar-refractivity contribution < 1.29 is 4.74 Å². The Labute approximate surface area is 91.1 Å². The molecule has 1 aliphatic rings. The van der Waals surface area contributed by atoms with Gasteiger partial charge in [-0.3, -0.25) is 9.88 Å². The van der Waals surface area contributed by atoms with Crippen molar-refractivity contribution in [1.29, 1.82) is 0 Å². The Morgan fingerprint density at radius 1 is 1.53 bits per heavy atom. The molecule has 2 rings (SSSR count). The Hall–Kier alpha value is -0.930. The van der Waals surface area contributed by atoms with Gasteiger partial charge in [-0.05, 0) is 25.0 Å². The molecule has 0 N–H and O–H groups in total. The number of nitrogens with zero attached hydrogens (tertiary/aromatic N) is 2. The van der Waals surface area contributed by atoms with Crippen molar-refractivity contribution in [3.63, 3.8) is 0 Å². The van der Waals surface area contributed by atoms with Crippen molar-refractivity contribution in [2.24, 2.45) is 0 Å². The molecular weight excluding hydrogens is 188 g/mol. The first kappa shape index (κ1) is 10.6. The lowest BCUT2D eigenvalue weighted by Crippen LogP contribution is -2.42. The third-order valence-corrected chi connectivity index (χ3v) is 2.82. The van der Waals surface area contributed by atoms with E-state index in [4.69, 9.17) is 4.74 Å². The zero-order valence-corrected chi connectivity index (χ0v) is 9.44. The number of aromatic nitrogens is 1. The van der Waals surface area contributed by atoms with Crippen LogP contribution in [-0.2, 0) is 11.3 Å². The van der Waals surface area contributed by atoms with Crippen LogP contribution in [0, 0.1) is 6.92 Å². The summed E-state index contributed by atoms with van der Waals surface area (Å²) < 4.78 is 5.42. The van der Waals surface area contributed by atoms with E-state index in [1.165, 1.54) is 11.1 Å². The Bertz CT molecular complexity index is 327. The molecule has 0 amide bonds.